The molecule has 7 nitrogen and oxygen atoms in total. The number of benzene rings is 3. The molecule has 2 amide bonds. The van der Waals surface area contributed by atoms with E-state index < -0.39 is 40.2 Å². The predicted molar refractivity (Wildman–Crippen MR) is 152 cm³/mol. The third kappa shape index (κ3) is 7.94. The van der Waals surface area contributed by atoms with Crippen LogP contribution in [0.3, 0.4) is 0 Å². The number of rotatable bonds is 11. The number of halogens is 3. The van der Waals surface area contributed by atoms with Gasteiger partial charge in [0.25, 0.3) is 10.0 Å². The molecule has 3 aromatic rings. The summed E-state index contributed by atoms with van der Waals surface area (Å²) in [6.07, 6.45) is 0. The first-order chi connectivity index (χ1) is 18.4. The Bertz CT molecular complexity index is 1400. The molecule has 0 spiro atoms. The summed E-state index contributed by atoms with van der Waals surface area (Å²) in [7, 11) is -4.22. The molecule has 0 aliphatic carbocycles. The van der Waals surface area contributed by atoms with Crippen LogP contribution in [0.5, 0.6) is 0 Å². The van der Waals surface area contributed by atoms with Crippen LogP contribution in [0, 0.1) is 11.7 Å². The number of carbonyl (C=O) groups is 2. The summed E-state index contributed by atoms with van der Waals surface area (Å²) in [6, 6.07) is 16.5. The van der Waals surface area contributed by atoms with Crippen molar-refractivity contribution in [2.45, 2.75) is 38.3 Å². The van der Waals surface area contributed by atoms with Gasteiger partial charge < -0.3 is 10.2 Å². The smallest absolute Gasteiger partial charge is 0.264 e. The number of hydrogen-bond acceptors (Lipinski definition) is 4. The number of anilines is 1. The standard InChI is InChI=1S/C28H30Cl2FN3O4S/c1-19(2)16-32-28(36)20(3)33(17-21-9-11-22(31)12-10-21)27(35)18-34(23-13-14-25(29)26(30)15-23)39(37,38)24-7-5-4-6-8-24/h4-15,19-20H,16-18H2,1-3H3,(H,32,36)/t20-/m1/s1. The van der Waals surface area contributed by atoms with E-state index in [0.717, 1.165) is 4.31 Å². The lowest BCUT2D eigenvalue weighted by molar-refractivity contribution is -0.139. The molecule has 0 aliphatic heterocycles. The van der Waals surface area contributed by atoms with E-state index in [1.807, 2.05) is 13.8 Å². The first kappa shape index (κ1) is 30.4. The Kier molecular flexibility index (Phi) is 10.4. The van der Waals surface area contributed by atoms with Gasteiger partial charge in [0.15, 0.2) is 0 Å². The maximum Gasteiger partial charge on any atom is 0.264 e. The van der Waals surface area contributed by atoms with Crippen LogP contribution in [-0.4, -0.2) is 44.3 Å². The lowest BCUT2D eigenvalue weighted by Gasteiger charge is -2.32. The van der Waals surface area contributed by atoms with Crippen molar-refractivity contribution in [2.75, 3.05) is 17.4 Å². The molecule has 11 heteroatoms. The van der Waals surface area contributed by atoms with Crippen molar-refractivity contribution in [1.29, 1.82) is 0 Å². The van der Waals surface area contributed by atoms with Crippen LogP contribution >= 0.6 is 23.2 Å². The van der Waals surface area contributed by atoms with Crippen molar-refractivity contribution >= 4 is 50.7 Å². The highest BCUT2D eigenvalue weighted by Crippen LogP contribution is 2.31. The van der Waals surface area contributed by atoms with Crippen LogP contribution < -0.4 is 9.62 Å². The van der Waals surface area contributed by atoms with Crippen molar-refractivity contribution < 1.29 is 22.4 Å². The van der Waals surface area contributed by atoms with Crippen LogP contribution in [0.2, 0.25) is 10.0 Å². The van der Waals surface area contributed by atoms with E-state index >= 15 is 0 Å². The lowest BCUT2D eigenvalue weighted by Crippen LogP contribution is -2.51. The van der Waals surface area contributed by atoms with Gasteiger partial charge in [0.1, 0.15) is 18.4 Å². The van der Waals surface area contributed by atoms with Gasteiger partial charge in [0.05, 0.1) is 20.6 Å². The molecule has 1 N–H and O–H groups in total. The van der Waals surface area contributed by atoms with Gasteiger partial charge in [-0.05, 0) is 60.9 Å². The van der Waals surface area contributed by atoms with Gasteiger partial charge in [-0.25, -0.2) is 12.8 Å². The zero-order chi connectivity index (χ0) is 28.7. The minimum atomic E-state index is -4.22. The van der Waals surface area contributed by atoms with E-state index in [1.54, 1.807) is 25.1 Å². The van der Waals surface area contributed by atoms with Gasteiger partial charge >= 0.3 is 0 Å². The van der Waals surface area contributed by atoms with Crippen LogP contribution in [0.1, 0.15) is 26.3 Å². The zero-order valence-corrected chi connectivity index (χ0v) is 24.1. The molecule has 0 aromatic heterocycles. The maximum absolute atomic E-state index is 13.8. The molecule has 3 rings (SSSR count). The fraction of sp³-hybridized carbons (Fsp3) is 0.286. The van der Waals surface area contributed by atoms with Crippen LogP contribution in [-0.2, 0) is 26.2 Å². The van der Waals surface area contributed by atoms with Crippen LogP contribution in [0.15, 0.2) is 77.7 Å². The summed E-state index contributed by atoms with van der Waals surface area (Å²) in [6.45, 7) is 5.17. The largest absolute Gasteiger partial charge is 0.354 e. The summed E-state index contributed by atoms with van der Waals surface area (Å²) >= 11 is 12.2. The zero-order valence-electron chi connectivity index (χ0n) is 21.8. The van der Waals surface area contributed by atoms with Crippen molar-refractivity contribution in [1.82, 2.24) is 10.2 Å². The molecule has 3 aromatic carbocycles. The Morgan fingerprint density at radius 1 is 0.923 bits per heavy atom. The lowest BCUT2D eigenvalue weighted by atomic mass is 10.1. The molecule has 39 heavy (non-hydrogen) atoms. The molecule has 1 atom stereocenters. The minimum Gasteiger partial charge on any atom is -0.354 e. The fourth-order valence-corrected chi connectivity index (χ4v) is 5.43. The second kappa shape index (κ2) is 13.3. The van der Waals surface area contributed by atoms with Gasteiger partial charge in [-0.2, -0.15) is 0 Å². The highest BCUT2D eigenvalue weighted by Gasteiger charge is 2.32. The molecule has 208 valence electrons. The van der Waals surface area contributed by atoms with E-state index in [4.69, 9.17) is 23.2 Å². The first-order valence-electron chi connectivity index (χ1n) is 12.2. The quantitative estimate of drug-likeness (QED) is 0.317. The Hall–Kier alpha value is -3.14. The topological polar surface area (TPSA) is 86.8 Å². The second-order valence-corrected chi connectivity index (χ2v) is 12.1. The van der Waals surface area contributed by atoms with E-state index in [-0.39, 0.29) is 33.1 Å². The van der Waals surface area contributed by atoms with Crippen molar-refractivity contribution in [3.05, 3.63) is 94.2 Å². The predicted octanol–water partition coefficient (Wildman–Crippen LogP) is 5.52. The summed E-state index contributed by atoms with van der Waals surface area (Å²) in [4.78, 5) is 28.0. The average molecular weight is 595 g/mol. The number of nitrogens with zero attached hydrogens (tertiary/aromatic N) is 2. The summed E-state index contributed by atoms with van der Waals surface area (Å²) < 4.78 is 41.9. The summed E-state index contributed by atoms with van der Waals surface area (Å²) in [5, 5.41) is 3.14. The first-order valence-corrected chi connectivity index (χ1v) is 14.4. The summed E-state index contributed by atoms with van der Waals surface area (Å²) in [5.74, 6) is -1.30. The number of nitrogens with one attached hydrogen (secondary N) is 1. The Labute approximate surface area is 238 Å². The van der Waals surface area contributed by atoms with E-state index in [2.05, 4.69) is 5.32 Å². The van der Waals surface area contributed by atoms with Gasteiger partial charge in [-0.1, -0.05) is 67.4 Å². The third-order valence-corrected chi connectivity index (χ3v) is 8.45. The molecule has 0 saturated carbocycles. The molecule has 0 saturated heterocycles. The van der Waals surface area contributed by atoms with Gasteiger partial charge in [-0.3, -0.25) is 13.9 Å². The summed E-state index contributed by atoms with van der Waals surface area (Å²) in [5.41, 5.74) is 0.695. The molecule has 0 heterocycles. The fourth-order valence-electron chi connectivity index (χ4n) is 3.71. The molecular weight excluding hydrogens is 564 g/mol. The van der Waals surface area contributed by atoms with Crippen LogP contribution in [0.25, 0.3) is 0 Å². The Morgan fingerprint density at radius 3 is 2.15 bits per heavy atom. The molecule has 0 radical (unpaired) electrons. The number of carbonyl (C=O) groups excluding carboxylic acids is 2. The highest BCUT2D eigenvalue weighted by atomic mass is 35.5. The normalized spacial score (nSPS) is 12.2. The minimum absolute atomic E-state index is 0.0309. The number of amides is 2. The van der Waals surface area contributed by atoms with E-state index in [0.29, 0.717) is 12.1 Å². The van der Waals surface area contributed by atoms with E-state index in [1.165, 1.54) is 59.5 Å². The molecule has 0 unspecified atom stereocenters. The van der Waals surface area contributed by atoms with Crippen molar-refractivity contribution in [2.24, 2.45) is 5.92 Å². The monoisotopic (exact) mass is 593 g/mol. The van der Waals surface area contributed by atoms with Gasteiger partial charge in [0, 0.05) is 13.1 Å². The molecular formula is C28H30Cl2FN3O4S. The third-order valence-electron chi connectivity index (χ3n) is 5.92. The number of sulfonamides is 1. The van der Waals surface area contributed by atoms with Crippen molar-refractivity contribution in [3.8, 4) is 0 Å². The molecule has 0 aliphatic rings. The second-order valence-electron chi connectivity index (χ2n) is 9.39. The average Bonchev–Trinajstić information content (AvgIpc) is 2.91. The van der Waals surface area contributed by atoms with Gasteiger partial charge in [-0.15, -0.1) is 0 Å². The maximum atomic E-state index is 13.8. The van der Waals surface area contributed by atoms with Gasteiger partial charge in [0.2, 0.25) is 11.8 Å². The van der Waals surface area contributed by atoms with Crippen molar-refractivity contribution in [3.63, 3.8) is 0 Å². The number of hydrogen-bond donors (Lipinski definition) is 1. The molecule has 0 bridgehead atoms. The van der Waals surface area contributed by atoms with E-state index in [9.17, 15) is 22.4 Å². The SMILES string of the molecule is CC(C)CNC(=O)[C@@H](C)N(Cc1ccc(F)cc1)C(=O)CN(c1ccc(Cl)c(Cl)c1)S(=O)(=O)c1ccccc1. The highest BCUT2D eigenvalue weighted by molar-refractivity contribution is 7.92. The Morgan fingerprint density at radius 2 is 1.56 bits per heavy atom. The van der Waals surface area contributed by atoms with Crippen LogP contribution in [0.4, 0.5) is 10.1 Å². The molecule has 0 fully saturated rings. The Balaban J connectivity index is 2.02.